The van der Waals surface area contributed by atoms with Crippen molar-refractivity contribution in [2.24, 2.45) is 5.92 Å². The Hall–Kier alpha value is -0.990. The van der Waals surface area contributed by atoms with Crippen LogP contribution in [-0.2, 0) is 15.0 Å². The van der Waals surface area contributed by atoms with Crippen LogP contribution in [0.5, 0.6) is 0 Å². The fraction of sp³-hybridized carbons (Fsp3) is 0.500. The molecule has 0 aromatic carbocycles. The lowest BCUT2D eigenvalue weighted by Crippen LogP contribution is -2.26. The zero-order valence-electron chi connectivity index (χ0n) is 10.3. The van der Waals surface area contributed by atoms with Crippen LogP contribution in [0.1, 0.15) is 12.2 Å². The predicted molar refractivity (Wildman–Crippen MR) is 72.1 cm³/mol. The van der Waals surface area contributed by atoms with E-state index in [1.54, 1.807) is 6.92 Å². The maximum atomic E-state index is 12.7. The Morgan fingerprint density at radius 2 is 1.90 bits per heavy atom. The summed E-state index contributed by atoms with van der Waals surface area (Å²) in [6.07, 6.45) is -0.0936. The number of carbonyl (C=O) groups is 1. The third-order valence-corrected chi connectivity index (χ3v) is 4.22. The van der Waals surface area contributed by atoms with Gasteiger partial charge in [0.1, 0.15) is 11.5 Å². The Labute approximate surface area is 125 Å². The number of halogens is 3. The number of aryl methyl sites for hydroxylation is 1. The molecule has 1 aliphatic heterocycles. The van der Waals surface area contributed by atoms with Crippen molar-refractivity contribution in [2.45, 2.75) is 13.3 Å². The van der Waals surface area contributed by atoms with Crippen molar-refractivity contribution < 1.29 is 17.1 Å². The van der Waals surface area contributed by atoms with E-state index < -0.39 is 27.8 Å². The average Bonchev–Trinajstić information content (AvgIpc) is 2.55. The van der Waals surface area contributed by atoms with Gasteiger partial charge < -0.3 is 4.90 Å². The molecule has 1 aromatic rings. The second kappa shape index (κ2) is 5.42. The van der Waals surface area contributed by atoms with Gasteiger partial charge in [-0.25, -0.2) is 9.97 Å². The lowest BCUT2D eigenvalue weighted by molar-refractivity contribution is -0.117. The normalized spacial score (nSPS) is 19.7. The van der Waals surface area contributed by atoms with Gasteiger partial charge in [0.2, 0.25) is 5.91 Å². The number of nitrogens with zero attached hydrogens (tertiary/aromatic N) is 3. The molecule has 20 heavy (non-hydrogen) atoms. The summed E-state index contributed by atoms with van der Waals surface area (Å²) in [6, 6.07) is 0. The van der Waals surface area contributed by atoms with Crippen molar-refractivity contribution in [1.82, 2.24) is 9.97 Å². The highest BCUT2D eigenvalue weighted by Crippen LogP contribution is 2.35. The second-order valence-corrected chi connectivity index (χ2v) is 6.61. The molecule has 0 saturated carbocycles. The molecule has 1 unspecified atom stereocenters. The Kier molecular flexibility index (Phi) is 4.17. The van der Waals surface area contributed by atoms with E-state index in [2.05, 4.69) is 9.97 Å². The minimum absolute atomic E-state index is 0.000365. The predicted octanol–water partition coefficient (Wildman–Crippen LogP) is 1.74. The second-order valence-electron chi connectivity index (χ2n) is 4.48. The summed E-state index contributed by atoms with van der Waals surface area (Å²) in [6.45, 7) is 1.60. The molecule has 1 amide bonds. The molecule has 1 aliphatic rings. The molecule has 10 heteroatoms. The van der Waals surface area contributed by atoms with Gasteiger partial charge in [-0.05, 0) is 6.92 Å². The number of rotatable bonds is 3. The third kappa shape index (κ3) is 3.36. The zero-order chi connectivity index (χ0) is 15.1. The van der Waals surface area contributed by atoms with Gasteiger partial charge in [-0.2, -0.15) is 8.42 Å². The van der Waals surface area contributed by atoms with Gasteiger partial charge in [0.05, 0.1) is 5.75 Å². The number of hydrogen-bond acceptors (Lipinski definition) is 5. The van der Waals surface area contributed by atoms with Gasteiger partial charge >= 0.3 is 10.2 Å². The first kappa shape index (κ1) is 15.4. The summed E-state index contributed by atoms with van der Waals surface area (Å²) >= 11 is 11.9. The van der Waals surface area contributed by atoms with Crippen LogP contribution in [0.2, 0.25) is 10.3 Å². The van der Waals surface area contributed by atoms with Crippen LogP contribution in [0, 0.1) is 12.8 Å². The molecule has 2 heterocycles. The van der Waals surface area contributed by atoms with Crippen molar-refractivity contribution >= 4 is 45.0 Å². The summed E-state index contributed by atoms with van der Waals surface area (Å²) in [5.41, 5.74) is 0.127. The molecule has 1 aromatic heterocycles. The van der Waals surface area contributed by atoms with Crippen LogP contribution < -0.4 is 4.90 Å². The lowest BCUT2D eigenvalue weighted by Gasteiger charge is -2.18. The largest absolute Gasteiger partial charge is 0.307 e. The molecule has 2 rings (SSSR count). The number of aromatic nitrogens is 2. The first-order valence-corrected chi connectivity index (χ1v) is 7.90. The summed E-state index contributed by atoms with van der Waals surface area (Å²) in [7, 11) is -4.64. The number of anilines is 1. The highest BCUT2D eigenvalue weighted by Gasteiger charge is 2.36. The quantitative estimate of drug-likeness (QED) is 0.618. The molecule has 0 aliphatic carbocycles. The minimum Gasteiger partial charge on any atom is -0.307 e. The molecule has 1 atom stereocenters. The van der Waals surface area contributed by atoms with Gasteiger partial charge in [0.15, 0.2) is 10.3 Å². The Morgan fingerprint density at radius 1 is 1.35 bits per heavy atom. The molecule has 0 N–H and O–H groups in total. The van der Waals surface area contributed by atoms with E-state index in [4.69, 9.17) is 23.2 Å². The molecule has 0 bridgehead atoms. The standard InChI is InChI=1S/C10H10Cl2FN3O3S/c1-5-14-9(11)8(10(12)15-5)16-3-6(2-7(16)17)4-20(13,18)19/h6H,2-4H2,1H3. The van der Waals surface area contributed by atoms with E-state index in [0.717, 1.165) is 0 Å². The molecular formula is C10H10Cl2FN3O3S. The lowest BCUT2D eigenvalue weighted by atomic mass is 10.1. The maximum absolute atomic E-state index is 12.7. The molecule has 110 valence electrons. The summed E-state index contributed by atoms with van der Waals surface area (Å²) < 4.78 is 34.0. The monoisotopic (exact) mass is 341 g/mol. The molecule has 1 fully saturated rings. The highest BCUT2D eigenvalue weighted by molar-refractivity contribution is 7.86. The average molecular weight is 342 g/mol. The Morgan fingerprint density at radius 3 is 2.40 bits per heavy atom. The van der Waals surface area contributed by atoms with Crippen LogP contribution in [0.25, 0.3) is 0 Å². The van der Waals surface area contributed by atoms with Crippen molar-refractivity contribution in [1.29, 1.82) is 0 Å². The molecule has 0 radical (unpaired) electrons. The molecule has 6 nitrogen and oxygen atoms in total. The van der Waals surface area contributed by atoms with Gasteiger partial charge in [0, 0.05) is 18.9 Å². The molecular weight excluding hydrogens is 332 g/mol. The fourth-order valence-corrected chi connectivity index (χ4v) is 3.58. The Balaban J connectivity index is 2.29. The third-order valence-electron chi connectivity index (χ3n) is 2.82. The van der Waals surface area contributed by atoms with Gasteiger partial charge in [-0.15, -0.1) is 3.89 Å². The zero-order valence-corrected chi connectivity index (χ0v) is 12.6. The smallest absolute Gasteiger partial charge is 0.302 e. The van der Waals surface area contributed by atoms with E-state index >= 15 is 0 Å². The van der Waals surface area contributed by atoms with Crippen LogP contribution >= 0.6 is 23.2 Å². The number of carbonyl (C=O) groups excluding carboxylic acids is 1. The van der Waals surface area contributed by atoms with Gasteiger partial charge in [0.25, 0.3) is 0 Å². The van der Waals surface area contributed by atoms with Crippen molar-refractivity contribution in [3.8, 4) is 0 Å². The molecule has 1 saturated heterocycles. The minimum atomic E-state index is -4.64. The van der Waals surface area contributed by atoms with Crippen LogP contribution in [0.4, 0.5) is 9.57 Å². The SMILES string of the molecule is Cc1nc(Cl)c(N2CC(CS(=O)(=O)F)CC2=O)c(Cl)n1. The van der Waals surface area contributed by atoms with E-state index in [1.807, 2.05) is 0 Å². The van der Waals surface area contributed by atoms with Crippen LogP contribution in [0.15, 0.2) is 0 Å². The van der Waals surface area contributed by atoms with Crippen molar-refractivity contribution in [2.75, 3.05) is 17.2 Å². The van der Waals surface area contributed by atoms with Crippen molar-refractivity contribution in [3.63, 3.8) is 0 Å². The van der Waals surface area contributed by atoms with Gasteiger partial charge in [-0.1, -0.05) is 23.2 Å². The molecule has 0 spiro atoms. The van der Waals surface area contributed by atoms with E-state index in [1.165, 1.54) is 4.90 Å². The topological polar surface area (TPSA) is 80.2 Å². The van der Waals surface area contributed by atoms with Crippen LogP contribution in [-0.4, -0.2) is 36.6 Å². The summed E-state index contributed by atoms with van der Waals surface area (Å²) in [5, 5.41) is -0.000730. The van der Waals surface area contributed by atoms with E-state index in [-0.39, 0.29) is 29.0 Å². The van der Waals surface area contributed by atoms with Crippen molar-refractivity contribution in [3.05, 3.63) is 16.1 Å². The summed E-state index contributed by atoms with van der Waals surface area (Å²) in [5.74, 6) is -1.41. The maximum Gasteiger partial charge on any atom is 0.302 e. The fourth-order valence-electron chi connectivity index (χ4n) is 2.11. The van der Waals surface area contributed by atoms with E-state index in [9.17, 15) is 17.1 Å². The highest BCUT2D eigenvalue weighted by atomic mass is 35.5. The first-order chi connectivity index (χ1) is 9.17. The summed E-state index contributed by atoms with van der Waals surface area (Å²) in [4.78, 5) is 20.9. The first-order valence-electron chi connectivity index (χ1n) is 5.59. The number of hydrogen-bond donors (Lipinski definition) is 0. The Bertz CT molecular complexity index is 645. The van der Waals surface area contributed by atoms with E-state index in [0.29, 0.717) is 5.82 Å². The number of amides is 1. The van der Waals surface area contributed by atoms with Gasteiger partial charge in [-0.3, -0.25) is 4.79 Å². The van der Waals surface area contributed by atoms with Crippen LogP contribution in [0.3, 0.4) is 0 Å².